The van der Waals surface area contributed by atoms with E-state index in [0.717, 1.165) is 40.9 Å². The van der Waals surface area contributed by atoms with Crippen molar-refractivity contribution in [1.82, 2.24) is 0 Å². The molecule has 0 aromatic heterocycles. The van der Waals surface area contributed by atoms with Gasteiger partial charge in [0.25, 0.3) is 0 Å². The van der Waals surface area contributed by atoms with Crippen molar-refractivity contribution in [2.45, 2.75) is 52.0 Å². The molecule has 0 saturated heterocycles. The predicted octanol–water partition coefficient (Wildman–Crippen LogP) is 4.76. The van der Waals surface area contributed by atoms with E-state index in [1.165, 1.54) is 0 Å². The number of carbonyl (C=O) groups is 3. The van der Waals surface area contributed by atoms with Gasteiger partial charge in [-0.25, -0.2) is 0 Å². The molecule has 0 saturated carbocycles. The second-order valence-corrected chi connectivity index (χ2v) is 9.84. The smallest absolute Gasteiger partial charge is 0.306 e. The molecule has 3 N–H and O–H groups in total. The molecule has 208 valence electrons. The minimum absolute atomic E-state index is 0.0231. The SMILES string of the molecule is CCOC(=O)CCC(=O)N(Cc1ccccc1)c1ccc2c(c1)CCCN2C(=O)CCc1ccc(C(=N)N)cc1. The van der Waals surface area contributed by atoms with Gasteiger partial charge in [-0.2, -0.15) is 0 Å². The standard InChI is InChI=1S/C32H36N4O4/c1-2-40-31(39)19-18-30(38)36(22-24-7-4-3-5-8-24)27-15-16-28-26(21-27)9-6-20-35(28)29(37)17-12-23-10-13-25(14-11-23)32(33)34/h3-5,7-8,10-11,13-16,21H,2,6,9,12,17-20,22H2,1H3,(H3,33,34). The Morgan fingerprint density at radius 1 is 0.950 bits per heavy atom. The Bertz CT molecular complexity index is 1360. The highest BCUT2D eigenvalue weighted by Crippen LogP contribution is 2.32. The predicted molar refractivity (Wildman–Crippen MR) is 156 cm³/mol. The van der Waals surface area contributed by atoms with Crippen LogP contribution in [0.15, 0.2) is 72.8 Å². The first-order valence-electron chi connectivity index (χ1n) is 13.7. The quantitative estimate of drug-likeness (QED) is 0.207. The summed E-state index contributed by atoms with van der Waals surface area (Å²) in [6.45, 7) is 3.06. The fourth-order valence-corrected chi connectivity index (χ4v) is 4.91. The number of anilines is 2. The van der Waals surface area contributed by atoms with E-state index in [1.54, 1.807) is 24.0 Å². The lowest BCUT2D eigenvalue weighted by Crippen LogP contribution is -2.36. The Hall–Kier alpha value is -4.46. The zero-order valence-electron chi connectivity index (χ0n) is 22.9. The van der Waals surface area contributed by atoms with Crippen molar-refractivity contribution in [3.05, 3.63) is 95.1 Å². The molecule has 1 aliphatic rings. The summed E-state index contributed by atoms with van der Waals surface area (Å²) in [7, 11) is 0. The summed E-state index contributed by atoms with van der Waals surface area (Å²) in [6.07, 6.45) is 2.71. The summed E-state index contributed by atoms with van der Waals surface area (Å²) in [5, 5.41) is 7.53. The van der Waals surface area contributed by atoms with Crippen molar-refractivity contribution < 1.29 is 19.1 Å². The molecule has 0 atom stereocenters. The van der Waals surface area contributed by atoms with E-state index < -0.39 is 0 Å². The third kappa shape index (κ3) is 7.34. The van der Waals surface area contributed by atoms with Crippen LogP contribution >= 0.6 is 0 Å². The normalized spacial score (nSPS) is 12.4. The van der Waals surface area contributed by atoms with Crippen LogP contribution in [0.2, 0.25) is 0 Å². The van der Waals surface area contributed by atoms with E-state index in [2.05, 4.69) is 0 Å². The van der Waals surface area contributed by atoms with Crippen molar-refractivity contribution in [3.63, 3.8) is 0 Å². The lowest BCUT2D eigenvalue weighted by molar-refractivity contribution is -0.144. The first-order valence-corrected chi connectivity index (χ1v) is 13.7. The third-order valence-electron chi connectivity index (χ3n) is 7.02. The lowest BCUT2D eigenvalue weighted by atomic mass is 9.99. The van der Waals surface area contributed by atoms with E-state index in [-0.39, 0.29) is 43.1 Å². The van der Waals surface area contributed by atoms with Crippen molar-refractivity contribution in [3.8, 4) is 0 Å². The van der Waals surface area contributed by atoms with Crippen molar-refractivity contribution >= 4 is 35.0 Å². The molecule has 40 heavy (non-hydrogen) atoms. The largest absolute Gasteiger partial charge is 0.466 e. The van der Waals surface area contributed by atoms with E-state index in [4.69, 9.17) is 15.9 Å². The number of esters is 1. The molecule has 3 aromatic rings. The Kier molecular flexibility index (Phi) is 9.67. The molecule has 8 heteroatoms. The van der Waals surface area contributed by atoms with Crippen LogP contribution < -0.4 is 15.5 Å². The highest BCUT2D eigenvalue weighted by atomic mass is 16.5. The number of ether oxygens (including phenoxy) is 1. The molecule has 0 fully saturated rings. The number of fused-ring (bicyclic) bond motifs is 1. The maximum absolute atomic E-state index is 13.3. The average Bonchev–Trinajstić information content (AvgIpc) is 2.97. The number of carbonyl (C=O) groups excluding carboxylic acids is 3. The van der Waals surface area contributed by atoms with Gasteiger partial charge in [-0.05, 0) is 61.1 Å². The van der Waals surface area contributed by atoms with Gasteiger partial charge in [0, 0.05) is 36.3 Å². The summed E-state index contributed by atoms with van der Waals surface area (Å²) in [6, 6.07) is 23.0. The number of amidine groups is 1. The second kappa shape index (κ2) is 13.6. The number of benzene rings is 3. The molecule has 0 spiro atoms. The maximum atomic E-state index is 13.3. The van der Waals surface area contributed by atoms with Crippen molar-refractivity contribution in [2.24, 2.45) is 5.73 Å². The minimum atomic E-state index is -0.384. The van der Waals surface area contributed by atoms with E-state index in [1.807, 2.05) is 65.6 Å². The summed E-state index contributed by atoms with van der Waals surface area (Å²) in [4.78, 5) is 42.0. The second-order valence-electron chi connectivity index (χ2n) is 9.84. The summed E-state index contributed by atoms with van der Waals surface area (Å²) in [5.74, 6) is -0.466. The van der Waals surface area contributed by atoms with E-state index in [9.17, 15) is 14.4 Å². The van der Waals surface area contributed by atoms with Crippen LogP contribution in [-0.4, -0.2) is 36.8 Å². The van der Waals surface area contributed by atoms with Gasteiger partial charge in [0.1, 0.15) is 5.84 Å². The van der Waals surface area contributed by atoms with Crippen LogP contribution in [0.5, 0.6) is 0 Å². The molecule has 1 heterocycles. The van der Waals surface area contributed by atoms with Gasteiger partial charge in [0.15, 0.2) is 0 Å². The molecule has 4 rings (SSSR count). The number of nitrogens with zero attached hydrogens (tertiary/aromatic N) is 2. The number of hydrogen-bond donors (Lipinski definition) is 2. The van der Waals surface area contributed by atoms with Gasteiger partial charge >= 0.3 is 5.97 Å². The Labute approximate surface area is 235 Å². The monoisotopic (exact) mass is 540 g/mol. The van der Waals surface area contributed by atoms with Gasteiger partial charge in [-0.3, -0.25) is 19.8 Å². The minimum Gasteiger partial charge on any atom is -0.466 e. The van der Waals surface area contributed by atoms with Gasteiger partial charge < -0.3 is 20.3 Å². The first-order chi connectivity index (χ1) is 19.4. The molecule has 3 aromatic carbocycles. The van der Waals surface area contributed by atoms with Crippen LogP contribution in [0.3, 0.4) is 0 Å². The van der Waals surface area contributed by atoms with Crippen molar-refractivity contribution in [1.29, 1.82) is 5.41 Å². The maximum Gasteiger partial charge on any atom is 0.306 e. The number of aryl methyl sites for hydroxylation is 2. The summed E-state index contributed by atoms with van der Waals surface area (Å²) in [5.41, 5.74) is 10.9. The van der Waals surface area contributed by atoms with Gasteiger partial charge in [0.05, 0.1) is 19.6 Å². The average molecular weight is 541 g/mol. The molecule has 8 nitrogen and oxygen atoms in total. The third-order valence-corrected chi connectivity index (χ3v) is 7.02. The molecule has 0 unspecified atom stereocenters. The van der Waals surface area contributed by atoms with Gasteiger partial charge in [-0.15, -0.1) is 0 Å². The van der Waals surface area contributed by atoms with Crippen LogP contribution in [0.1, 0.15) is 54.9 Å². The van der Waals surface area contributed by atoms with E-state index >= 15 is 0 Å². The van der Waals surface area contributed by atoms with Crippen LogP contribution in [0, 0.1) is 5.41 Å². The topological polar surface area (TPSA) is 117 Å². The molecule has 0 aliphatic carbocycles. The number of nitrogen functional groups attached to an aromatic ring is 1. The highest BCUT2D eigenvalue weighted by molar-refractivity contribution is 5.98. The Morgan fingerprint density at radius 3 is 2.40 bits per heavy atom. The molecule has 2 amide bonds. The first kappa shape index (κ1) is 28.5. The lowest BCUT2D eigenvalue weighted by Gasteiger charge is -2.31. The molecule has 0 bridgehead atoms. The summed E-state index contributed by atoms with van der Waals surface area (Å²) >= 11 is 0. The fourth-order valence-electron chi connectivity index (χ4n) is 4.91. The number of amides is 2. The van der Waals surface area contributed by atoms with E-state index in [0.29, 0.717) is 31.5 Å². The fraction of sp³-hybridized carbons (Fsp3) is 0.312. The zero-order valence-corrected chi connectivity index (χ0v) is 22.9. The molecule has 0 radical (unpaired) electrons. The van der Waals surface area contributed by atoms with Gasteiger partial charge in [0.2, 0.25) is 11.8 Å². The Balaban J connectivity index is 1.50. The van der Waals surface area contributed by atoms with Crippen LogP contribution in [0.4, 0.5) is 11.4 Å². The number of nitrogens with two attached hydrogens (primary N) is 1. The number of hydrogen-bond acceptors (Lipinski definition) is 5. The Morgan fingerprint density at radius 2 is 1.70 bits per heavy atom. The van der Waals surface area contributed by atoms with Crippen LogP contribution in [0.25, 0.3) is 0 Å². The van der Waals surface area contributed by atoms with Crippen molar-refractivity contribution in [2.75, 3.05) is 23.0 Å². The number of rotatable bonds is 11. The molecular formula is C32H36N4O4. The van der Waals surface area contributed by atoms with Crippen LogP contribution in [-0.2, 0) is 38.5 Å². The highest BCUT2D eigenvalue weighted by Gasteiger charge is 2.25. The number of nitrogens with one attached hydrogen (secondary N) is 1. The molecular weight excluding hydrogens is 504 g/mol. The summed E-state index contributed by atoms with van der Waals surface area (Å²) < 4.78 is 5.01. The zero-order chi connectivity index (χ0) is 28.5. The molecule has 1 aliphatic heterocycles. The van der Waals surface area contributed by atoms with Gasteiger partial charge in [-0.1, -0.05) is 54.6 Å².